The number of methoxy groups -OCH3 is 1. The second-order valence-electron chi connectivity index (χ2n) is 8.97. The Balaban J connectivity index is 1.73. The van der Waals surface area contributed by atoms with Crippen LogP contribution in [-0.4, -0.2) is 65.7 Å². The average Bonchev–Trinajstić information content (AvgIpc) is 3.18. The van der Waals surface area contributed by atoms with Crippen LogP contribution >= 0.6 is 0 Å². The number of benzene rings is 1. The molecule has 2 N–H and O–H groups in total. The van der Waals surface area contributed by atoms with Crippen molar-refractivity contribution in [3.8, 4) is 0 Å². The number of ether oxygens (including phenoxy) is 1. The molecule has 1 aliphatic heterocycles. The molecule has 0 bridgehead atoms. The van der Waals surface area contributed by atoms with E-state index in [1.54, 1.807) is 7.11 Å². The van der Waals surface area contributed by atoms with Gasteiger partial charge in [0.15, 0.2) is 5.65 Å². The Morgan fingerprint density at radius 1 is 1.15 bits per heavy atom. The number of piperazine rings is 1. The number of anilines is 1. The Morgan fingerprint density at radius 2 is 1.91 bits per heavy atom. The third kappa shape index (κ3) is 3.89. The first kappa shape index (κ1) is 21.6. The second kappa shape index (κ2) is 8.61. The molecule has 0 spiro atoms. The molecule has 5 rings (SSSR count). The Morgan fingerprint density at radius 3 is 2.67 bits per heavy atom. The quantitative estimate of drug-likeness (QED) is 0.459. The maximum absolute atomic E-state index is 13.1. The van der Waals surface area contributed by atoms with E-state index in [1.165, 1.54) is 0 Å². The van der Waals surface area contributed by atoms with Crippen molar-refractivity contribution in [2.75, 3.05) is 38.3 Å². The van der Waals surface area contributed by atoms with Crippen LogP contribution in [0.5, 0.6) is 0 Å². The number of para-hydroxylation sites is 2. The molecule has 0 aliphatic carbocycles. The number of amides is 1. The van der Waals surface area contributed by atoms with E-state index in [0.717, 1.165) is 46.5 Å². The van der Waals surface area contributed by atoms with Gasteiger partial charge in [-0.05, 0) is 50.6 Å². The van der Waals surface area contributed by atoms with Crippen molar-refractivity contribution in [2.24, 2.45) is 0 Å². The molecule has 172 valence electrons. The van der Waals surface area contributed by atoms with Crippen LogP contribution < -0.4 is 15.5 Å². The minimum absolute atomic E-state index is 0.164. The SMILES string of the molecule is COCCNC(=O)c1cc2c(C)cc(N3CC(C)NC(C)C3)nc2n2c1nc1ccccc12. The van der Waals surface area contributed by atoms with E-state index in [9.17, 15) is 4.79 Å². The molecule has 4 aromatic rings. The fourth-order valence-corrected chi connectivity index (χ4v) is 4.83. The van der Waals surface area contributed by atoms with Crippen molar-refractivity contribution in [2.45, 2.75) is 32.9 Å². The molecule has 8 heteroatoms. The van der Waals surface area contributed by atoms with E-state index >= 15 is 0 Å². The molecule has 2 atom stereocenters. The molecular formula is C25H30N6O2. The van der Waals surface area contributed by atoms with Crippen LogP contribution in [0.3, 0.4) is 0 Å². The lowest BCUT2D eigenvalue weighted by atomic mass is 10.1. The summed E-state index contributed by atoms with van der Waals surface area (Å²) in [6, 6.07) is 12.8. The highest BCUT2D eigenvalue weighted by Gasteiger charge is 2.24. The summed E-state index contributed by atoms with van der Waals surface area (Å²) < 4.78 is 7.11. The summed E-state index contributed by atoms with van der Waals surface area (Å²) >= 11 is 0. The number of nitrogens with one attached hydrogen (secondary N) is 2. The Bertz CT molecular complexity index is 1340. The summed E-state index contributed by atoms with van der Waals surface area (Å²) in [5.41, 5.74) is 4.84. The number of nitrogens with zero attached hydrogens (tertiary/aromatic N) is 4. The van der Waals surface area contributed by atoms with Crippen molar-refractivity contribution >= 4 is 39.4 Å². The standard InChI is InChI=1S/C25H30N6O2/c1-15-11-22(30-13-16(2)27-17(3)14-30)29-23-18(15)12-19(25(32)26-9-10-33-4)24-28-20-7-5-6-8-21(20)31(23)24/h5-8,11-12,16-17,27H,9-10,13-14H2,1-4H3,(H,26,32). The van der Waals surface area contributed by atoms with Crippen molar-refractivity contribution in [3.63, 3.8) is 0 Å². The Hall–Kier alpha value is -3.23. The largest absolute Gasteiger partial charge is 0.383 e. The molecule has 1 aromatic carbocycles. The fourth-order valence-electron chi connectivity index (χ4n) is 4.83. The maximum Gasteiger partial charge on any atom is 0.255 e. The predicted octanol–water partition coefficient (Wildman–Crippen LogP) is 2.91. The molecule has 1 aliphatic rings. The van der Waals surface area contributed by atoms with E-state index in [1.807, 2.05) is 34.7 Å². The molecule has 4 heterocycles. The number of aromatic nitrogens is 3. The predicted molar refractivity (Wildman–Crippen MR) is 131 cm³/mol. The zero-order chi connectivity index (χ0) is 23.1. The highest BCUT2D eigenvalue weighted by Crippen LogP contribution is 2.30. The van der Waals surface area contributed by atoms with Crippen LogP contribution in [0.15, 0.2) is 36.4 Å². The number of aryl methyl sites for hydroxylation is 1. The lowest BCUT2D eigenvalue weighted by molar-refractivity contribution is 0.0938. The first-order chi connectivity index (χ1) is 16.0. The number of carbonyl (C=O) groups is 1. The van der Waals surface area contributed by atoms with E-state index in [-0.39, 0.29) is 5.91 Å². The van der Waals surface area contributed by atoms with Crippen LogP contribution in [0.25, 0.3) is 27.7 Å². The number of hydrogen-bond donors (Lipinski definition) is 2. The van der Waals surface area contributed by atoms with Gasteiger partial charge in [-0.3, -0.25) is 9.20 Å². The highest BCUT2D eigenvalue weighted by atomic mass is 16.5. The monoisotopic (exact) mass is 446 g/mol. The van der Waals surface area contributed by atoms with E-state index in [4.69, 9.17) is 14.7 Å². The van der Waals surface area contributed by atoms with Gasteiger partial charge < -0.3 is 20.3 Å². The minimum Gasteiger partial charge on any atom is -0.383 e. The third-order valence-electron chi connectivity index (χ3n) is 6.25. The molecule has 1 amide bonds. The number of rotatable bonds is 5. The molecular weight excluding hydrogens is 416 g/mol. The summed E-state index contributed by atoms with van der Waals surface area (Å²) in [7, 11) is 1.62. The van der Waals surface area contributed by atoms with Gasteiger partial charge in [0, 0.05) is 44.2 Å². The molecule has 1 saturated heterocycles. The van der Waals surface area contributed by atoms with Gasteiger partial charge in [0.1, 0.15) is 11.5 Å². The van der Waals surface area contributed by atoms with E-state index in [2.05, 4.69) is 42.4 Å². The molecule has 8 nitrogen and oxygen atoms in total. The Kier molecular flexibility index (Phi) is 5.64. The third-order valence-corrected chi connectivity index (χ3v) is 6.25. The summed E-state index contributed by atoms with van der Waals surface area (Å²) in [5, 5.41) is 7.47. The topological polar surface area (TPSA) is 83.8 Å². The summed E-state index contributed by atoms with van der Waals surface area (Å²) in [5.74, 6) is 0.791. The van der Waals surface area contributed by atoms with Gasteiger partial charge in [-0.25, -0.2) is 9.97 Å². The molecule has 3 aromatic heterocycles. The van der Waals surface area contributed by atoms with Gasteiger partial charge >= 0.3 is 0 Å². The van der Waals surface area contributed by atoms with E-state index < -0.39 is 0 Å². The van der Waals surface area contributed by atoms with Crippen molar-refractivity contribution < 1.29 is 9.53 Å². The smallest absolute Gasteiger partial charge is 0.255 e. The Labute approximate surface area is 192 Å². The number of hydrogen-bond acceptors (Lipinski definition) is 6. The van der Waals surface area contributed by atoms with Gasteiger partial charge in [0.2, 0.25) is 0 Å². The van der Waals surface area contributed by atoms with Gasteiger partial charge in [-0.1, -0.05) is 12.1 Å². The molecule has 33 heavy (non-hydrogen) atoms. The van der Waals surface area contributed by atoms with Crippen molar-refractivity contribution in [1.29, 1.82) is 0 Å². The summed E-state index contributed by atoms with van der Waals surface area (Å²) in [6.07, 6.45) is 0. The minimum atomic E-state index is -0.164. The number of pyridine rings is 2. The number of fused-ring (bicyclic) bond motifs is 5. The zero-order valence-corrected chi connectivity index (χ0v) is 19.6. The second-order valence-corrected chi connectivity index (χ2v) is 8.97. The first-order valence-electron chi connectivity index (χ1n) is 11.5. The maximum atomic E-state index is 13.1. The molecule has 0 radical (unpaired) electrons. The molecule has 0 saturated carbocycles. The van der Waals surface area contributed by atoms with E-state index in [0.29, 0.717) is 36.4 Å². The number of carbonyl (C=O) groups excluding carboxylic acids is 1. The van der Waals surface area contributed by atoms with Crippen molar-refractivity contribution in [3.05, 3.63) is 47.5 Å². The zero-order valence-electron chi connectivity index (χ0n) is 19.6. The molecule has 2 unspecified atom stereocenters. The van der Waals surface area contributed by atoms with Gasteiger partial charge in [-0.2, -0.15) is 0 Å². The number of imidazole rings is 1. The van der Waals surface area contributed by atoms with Gasteiger partial charge in [0.25, 0.3) is 5.91 Å². The fraction of sp³-hybridized carbons (Fsp3) is 0.400. The highest BCUT2D eigenvalue weighted by molar-refractivity contribution is 6.06. The van der Waals surface area contributed by atoms with Gasteiger partial charge in [0.05, 0.1) is 23.2 Å². The van der Waals surface area contributed by atoms with Crippen LogP contribution in [0.2, 0.25) is 0 Å². The summed E-state index contributed by atoms with van der Waals surface area (Å²) in [4.78, 5) is 25.4. The lowest BCUT2D eigenvalue weighted by Gasteiger charge is -2.37. The van der Waals surface area contributed by atoms with Crippen LogP contribution in [0, 0.1) is 6.92 Å². The normalized spacial score (nSPS) is 19.0. The van der Waals surface area contributed by atoms with Crippen LogP contribution in [0.1, 0.15) is 29.8 Å². The average molecular weight is 447 g/mol. The first-order valence-corrected chi connectivity index (χ1v) is 11.5. The van der Waals surface area contributed by atoms with Crippen molar-refractivity contribution in [1.82, 2.24) is 25.0 Å². The van der Waals surface area contributed by atoms with Gasteiger partial charge in [-0.15, -0.1) is 0 Å². The molecule has 1 fully saturated rings. The lowest BCUT2D eigenvalue weighted by Crippen LogP contribution is -2.54. The van der Waals surface area contributed by atoms with Crippen LogP contribution in [-0.2, 0) is 4.74 Å². The van der Waals surface area contributed by atoms with Crippen LogP contribution in [0.4, 0.5) is 5.82 Å². The summed E-state index contributed by atoms with van der Waals surface area (Å²) in [6.45, 7) is 9.18.